The molecule has 0 aliphatic heterocycles. The Balaban J connectivity index is 2.54. The average Bonchev–Trinajstić information content (AvgIpc) is 2.70. The summed E-state index contributed by atoms with van der Waals surface area (Å²) in [5.41, 5.74) is 4.70. The Morgan fingerprint density at radius 1 is 1.14 bits per heavy atom. The molecular weight excluding hydrogens is 278 g/mol. The zero-order chi connectivity index (χ0) is 16.4. The molecule has 0 bridgehead atoms. The van der Waals surface area contributed by atoms with Crippen LogP contribution < -0.4 is 5.56 Å². The molecular formula is C17H21N3O2. The molecule has 5 nitrogen and oxygen atoms in total. The number of nitrogens with zero attached hydrogens (tertiary/aromatic N) is 2. The van der Waals surface area contributed by atoms with E-state index in [1.807, 2.05) is 32.9 Å². The summed E-state index contributed by atoms with van der Waals surface area (Å²) in [4.78, 5) is 27.9. The van der Waals surface area contributed by atoms with Crippen LogP contribution in [0.1, 0.15) is 36.2 Å². The number of rotatable bonds is 4. The SMILES string of the molecule is CC(=O)CN=C(C)c1c(C)[nH]n(-c2cc(C)cc(C)c2)c1=O. The number of aryl methyl sites for hydroxylation is 3. The maximum Gasteiger partial charge on any atom is 0.280 e. The molecule has 1 aromatic carbocycles. The molecule has 116 valence electrons. The number of nitrogens with one attached hydrogen (secondary N) is 1. The van der Waals surface area contributed by atoms with Crippen molar-refractivity contribution >= 4 is 11.5 Å². The van der Waals surface area contributed by atoms with Crippen LogP contribution in [0.15, 0.2) is 28.0 Å². The molecule has 0 saturated heterocycles. The molecule has 0 spiro atoms. The second-order valence-corrected chi connectivity index (χ2v) is 5.70. The molecule has 0 aliphatic carbocycles. The number of carbonyl (C=O) groups is 1. The maximum atomic E-state index is 12.7. The van der Waals surface area contributed by atoms with Crippen LogP contribution in [-0.4, -0.2) is 27.8 Å². The smallest absolute Gasteiger partial charge is 0.280 e. The van der Waals surface area contributed by atoms with Crippen LogP contribution in [-0.2, 0) is 4.79 Å². The first-order chi connectivity index (χ1) is 10.3. The van der Waals surface area contributed by atoms with Gasteiger partial charge in [0, 0.05) is 11.4 Å². The molecule has 0 amide bonds. The van der Waals surface area contributed by atoms with Gasteiger partial charge in [0.15, 0.2) is 5.78 Å². The van der Waals surface area contributed by atoms with Crippen LogP contribution in [0.4, 0.5) is 0 Å². The third-order valence-corrected chi connectivity index (χ3v) is 3.44. The summed E-state index contributed by atoms with van der Waals surface area (Å²) < 4.78 is 1.53. The number of aromatic amines is 1. The van der Waals surface area contributed by atoms with Crippen LogP contribution in [0.2, 0.25) is 0 Å². The van der Waals surface area contributed by atoms with Crippen LogP contribution in [0.5, 0.6) is 0 Å². The molecule has 0 atom stereocenters. The number of hydrogen-bond acceptors (Lipinski definition) is 3. The second-order valence-electron chi connectivity index (χ2n) is 5.70. The molecule has 1 aromatic heterocycles. The molecule has 0 aliphatic rings. The maximum absolute atomic E-state index is 12.7. The molecule has 0 unspecified atom stereocenters. The van der Waals surface area contributed by atoms with Crippen LogP contribution in [0, 0.1) is 20.8 Å². The van der Waals surface area contributed by atoms with Crippen molar-refractivity contribution in [1.82, 2.24) is 9.78 Å². The number of ketones is 1. The third-order valence-electron chi connectivity index (χ3n) is 3.44. The predicted octanol–water partition coefficient (Wildman–Crippen LogP) is 2.49. The highest BCUT2D eigenvalue weighted by molar-refractivity contribution is 6.00. The fourth-order valence-electron chi connectivity index (χ4n) is 2.54. The Hall–Kier alpha value is -2.43. The lowest BCUT2D eigenvalue weighted by atomic mass is 10.1. The van der Waals surface area contributed by atoms with E-state index >= 15 is 0 Å². The highest BCUT2D eigenvalue weighted by atomic mass is 16.1. The van der Waals surface area contributed by atoms with E-state index in [9.17, 15) is 9.59 Å². The second kappa shape index (κ2) is 6.13. The summed E-state index contributed by atoms with van der Waals surface area (Å²) >= 11 is 0. The van der Waals surface area contributed by atoms with Gasteiger partial charge < -0.3 is 0 Å². The van der Waals surface area contributed by atoms with E-state index in [1.54, 1.807) is 6.92 Å². The first-order valence-electron chi connectivity index (χ1n) is 7.20. The average molecular weight is 299 g/mol. The standard InChI is InChI=1S/C17H21N3O2/c1-10-6-11(2)8-15(7-10)20-17(22)16(14(5)19-20)13(4)18-9-12(3)21/h6-8,19H,9H2,1-5H3. The van der Waals surface area contributed by atoms with Crippen LogP contribution in [0.3, 0.4) is 0 Å². The van der Waals surface area contributed by atoms with Gasteiger partial charge >= 0.3 is 0 Å². The first-order valence-corrected chi connectivity index (χ1v) is 7.20. The summed E-state index contributed by atoms with van der Waals surface area (Å²) in [7, 11) is 0. The lowest BCUT2D eigenvalue weighted by molar-refractivity contribution is -0.115. The van der Waals surface area contributed by atoms with Gasteiger partial charge in [0.05, 0.1) is 17.8 Å². The van der Waals surface area contributed by atoms with Crippen molar-refractivity contribution in [2.45, 2.75) is 34.6 Å². The Morgan fingerprint density at radius 2 is 1.73 bits per heavy atom. The van der Waals surface area contributed by atoms with Gasteiger partial charge in [-0.25, -0.2) is 4.68 Å². The quantitative estimate of drug-likeness (QED) is 0.881. The number of carbonyl (C=O) groups excluding carboxylic acids is 1. The van der Waals surface area contributed by atoms with Gasteiger partial charge in [-0.3, -0.25) is 19.7 Å². The number of aromatic nitrogens is 2. The van der Waals surface area contributed by atoms with Gasteiger partial charge in [-0.1, -0.05) is 6.07 Å². The highest BCUT2D eigenvalue weighted by Gasteiger charge is 2.15. The summed E-state index contributed by atoms with van der Waals surface area (Å²) in [5, 5.41) is 3.09. The van der Waals surface area contributed by atoms with Gasteiger partial charge in [-0.05, 0) is 57.9 Å². The van der Waals surface area contributed by atoms with Gasteiger partial charge in [0.25, 0.3) is 5.56 Å². The lowest BCUT2D eigenvalue weighted by Gasteiger charge is -2.05. The fraction of sp³-hybridized carbons (Fsp3) is 0.353. The van der Waals surface area contributed by atoms with Crippen molar-refractivity contribution in [1.29, 1.82) is 0 Å². The van der Waals surface area contributed by atoms with Gasteiger partial charge in [-0.2, -0.15) is 0 Å². The monoisotopic (exact) mass is 299 g/mol. The molecule has 0 saturated carbocycles. The van der Waals surface area contributed by atoms with E-state index in [1.165, 1.54) is 11.6 Å². The molecule has 2 aromatic rings. The van der Waals surface area contributed by atoms with Gasteiger partial charge in [0.1, 0.15) is 0 Å². The fourth-order valence-corrected chi connectivity index (χ4v) is 2.54. The van der Waals surface area contributed by atoms with E-state index in [4.69, 9.17) is 0 Å². The first kappa shape index (κ1) is 15.9. The Kier molecular flexibility index (Phi) is 4.45. The van der Waals surface area contributed by atoms with Crippen molar-refractivity contribution in [3.05, 3.63) is 50.9 Å². The number of H-pyrrole nitrogens is 1. The van der Waals surface area contributed by atoms with E-state index in [0.29, 0.717) is 11.3 Å². The third kappa shape index (κ3) is 3.24. The minimum absolute atomic E-state index is 0.0258. The Bertz CT molecular complexity index is 790. The van der Waals surface area contributed by atoms with Crippen molar-refractivity contribution in [3.8, 4) is 5.69 Å². The molecule has 5 heteroatoms. The van der Waals surface area contributed by atoms with E-state index in [-0.39, 0.29) is 17.9 Å². The number of benzene rings is 1. The largest absolute Gasteiger partial charge is 0.298 e. The minimum Gasteiger partial charge on any atom is -0.298 e. The minimum atomic E-state index is -0.146. The van der Waals surface area contributed by atoms with Crippen molar-refractivity contribution in [2.75, 3.05) is 6.54 Å². The Morgan fingerprint density at radius 3 is 2.27 bits per heavy atom. The molecule has 1 N–H and O–H groups in total. The molecule has 2 rings (SSSR count). The zero-order valence-electron chi connectivity index (χ0n) is 13.7. The number of aliphatic imine (C=N–C) groups is 1. The van der Waals surface area contributed by atoms with Crippen molar-refractivity contribution in [2.24, 2.45) is 4.99 Å². The Labute approximate surface area is 129 Å². The van der Waals surface area contributed by atoms with Crippen molar-refractivity contribution < 1.29 is 4.79 Å². The number of hydrogen-bond donors (Lipinski definition) is 1. The topological polar surface area (TPSA) is 67.2 Å². The lowest BCUT2D eigenvalue weighted by Crippen LogP contribution is -2.20. The van der Waals surface area contributed by atoms with E-state index in [0.717, 1.165) is 22.5 Å². The summed E-state index contributed by atoms with van der Waals surface area (Å²) in [5.74, 6) is -0.0258. The van der Waals surface area contributed by atoms with Crippen molar-refractivity contribution in [3.63, 3.8) is 0 Å². The normalized spacial score (nSPS) is 11.8. The van der Waals surface area contributed by atoms with Gasteiger partial charge in [-0.15, -0.1) is 0 Å². The van der Waals surface area contributed by atoms with E-state index in [2.05, 4.69) is 16.2 Å². The molecule has 0 fully saturated rings. The molecule has 22 heavy (non-hydrogen) atoms. The van der Waals surface area contributed by atoms with Gasteiger partial charge in [0.2, 0.25) is 0 Å². The van der Waals surface area contributed by atoms with E-state index < -0.39 is 0 Å². The molecule has 0 radical (unpaired) electrons. The summed E-state index contributed by atoms with van der Waals surface area (Å²) in [6, 6.07) is 5.97. The summed E-state index contributed by atoms with van der Waals surface area (Å²) in [6.07, 6.45) is 0. The van der Waals surface area contributed by atoms with Crippen LogP contribution in [0.25, 0.3) is 5.69 Å². The predicted molar refractivity (Wildman–Crippen MR) is 88.4 cm³/mol. The highest BCUT2D eigenvalue weighted by Crippen LogP contribution is 2.13. The number of Topliss-reactive ketones (excluding diaryl/α,β-unsaturated/α-hetero) is 1. The van der Waals surface area contributed by atoms with Crippen LogP contribution >= 0.6 is 0 Å². The molecule has 1 heterocycles. The summed E-state index contributed by atoms with van der Waals surface area (Å²) in [6.45, 7) is 9.17. The zero-order valence-corrected chi connectivity index (χ0v) is 13.7.